The highest BCUT2D eigenvalue weighted by Crippen LogP contribution is 2.28. The van der Waals surface area contributed by atoms with Crippen LogP contribution in [0.15, 0.2) is 35.2 Å². The van der Waals surface area contributed by atoms with E-state index in [1.807, 2.05) is 18.2 Å². The average Bonchev–Trinajstić information content (AvgIpc) is 3.01. The molecule has 1 N–H and O–H groups in total. The summed E-state index contributed by atoms with van der Waals surface area (Å²) in [6.07, 6.45) is 3.60. The number of nitrogens with one attached hydrogen (secondary N) is 1. The molecule has 2 aromatic rings. The number of amides is 1. The second-order valence-electron chi connectivity index (χ2n) is 6.23. The number of aromatic nitrogens is 1. The molecule has 0 saturated heterocycles. The van der Waals surface area contributed by atoms with Gasteiger partial charge in [0.25, 0.3) is 0 Å². The van der Waals surface area contributed by atoms with E-state index in [9.17, 15) is 4.79 Å². The molecule has 0 aliphatic carbocycles. The summed E-state index contributed by atoms with van der Waals surface area (Å²) >= 11 is 3.44. The van der Waals surface area contributed by atoms with E-state index in [0.717, 1.165) is 43.4 Å². The molecule has 2 heterocycles. The number of carbonyl (C=O) groups is 1. The summed E-state index contributed by atoms with van der Waals surface area (Å²) in [5.74, 6) is 1.03. The zero-order valence-electron chi connectivity index (χ0n) is 14.7. The van der Waals surface area contributed by atoms with Crippen LogP contribution in [0.4, 0.5) is 5.13 Å². The van der Waals surface area contributed by atoms with Crippen molar-refractivity contribution < 1.29 is 4.79 Å². The summed E-state index contributed by atoms with van der Waals surface area (Å²) in [4.78, 5) is 21.8. The topological polar surface area (TPSA) is 45.2 Å². The molecule has 4 nitrogen and oxygen atoms in total. The van der Waals surface area contributed by atoms with Gasteiger partial charge >= 0.3 is 0 Å². The molecular formula is C19H25N3OS2. The first-order valence-corrected chi connectivity index (χ1v) is 10.7. The summed E-state index contributed by atoms with van der Waals surface area (Å²) in [6.45, 7) is 5.40. The summed E-state index contributed by atoms with van der Waals surface area (Å²) in [5.41, 5.74) is 1.17. The zero-order valence-corrected chi connectivity index (χ0v) is 16.3. The average molecular weight is 376 g/mol. The van der Waals surface area contributed by atoms with Crippen LogP contribution in [0.3, 0.4) is 0 Å². The van der Waals surface area contributed by atoms with E-state index >= 15 is 0 Å². The first-order valence-electron chi connectivity index (χ1n) is 8.93. The Balaban J connectivity index is 1.41. The smallest absolute Gasteiger partial charge is 0.226 e. The molecule has 1 aliphatic heterocycles. The maximum Gasteiger partial charge on any atom is 0.226 e. The lowest BCUT2D eigenvalue weighted by atomic mass is 10.2. The summed E-state index contributed by atoms with van der Waals surface area (Å²) in [5, 5.41) is 3.75. The van der Waals surface area contributed by atoms with Gasteiger partial charge in [-0.25, -0.2) is 4.98 Å². The minimum absolute atomic E-state index is 0.0742. The van der Waals surface area contributed by atoms with Crippen molar-refractivity contribution in [3.05, 3.63) is 40.9 Å². The van der Waals surface area contributed by atoms with Gasteiger partial charge in [-0.05, 0) is 37.3 Å². The van der Waals surface area contributed by atoms with Crippen LogP contribution in [0.1, 0.15) is 36.8 Å². The number of nitrogens with zero attached hydrogens (tertiary/aromatic N) is 2. The first kappa shape index (κ1) is 18.4. The van der Waals surface area contributed by atoms with Gasteiger partial charge in [0, 0.05) is 35.7 Å². The van der Waals surface area contributed by atoms with E-state index in [0.29, 0.717) is 6.42 Å². The van der Waals surface area contributed by atoms with Crippen LogP contribution in [0, 0.1) is 0 Å². The highest BCUT2D eigenvalue weighted by Gasteiger charge is 2.20. The van der Waals surface area contributed by atoms with E-state index in [4.69, 9.17) is 0 Å². The Labute approximate surface area is 158 Å². The second kappa shape index (κ2) is 9.36. The van der Waals surface area contributed by atoms with E-state index in [-0.39, 0.29) is 5.91 Å². The van der Waals surface area contributed by atoms with Crippen molar-refractivity contribution in [1.82, 2.24) is 9.88 Å². The fraction of sp³-hybridized carbons (Fsp3) is 0.474. The third kappa shape index (κ3) is 5.56. The minimum Gasteiger partial charge on any atom is -0.302 e. The van der Waals surface area contributed by atoms with E-state index < -0.39 is 0 Å². The number of hydrogen-bond acceptors (Lipinski definition) is 5. The van der Waals surface area contributed by atoms with Gasteiger partial charge in [0.1, 0.15) is 0 Å². The molecule has 6 heteroatoms. The number of fused-ring (bicyclic) bond motifs is 1. The first-order chi connectivity index (χ1) is 12.2. The van der Waals surface area contributed by atoms with E-state index in [1.54, 1.807) is 23.1 Å². The molecule has 3 rings (SSSR count). The van der Waals surface area contributed by atoms with Crippen LogP contribution in [-0.4, -0.2) is 34.6 Å². The number of benzene rings is 1. The second-order valence-corrected chi connectivity index (χ2v) is 8.48. The van der Waals surface area contributed by atoms with Gasteiger partial charge in [0.2, 0.25) is 5.91 Å². The zero-order chi connectivity index (χ0) is 17.5. The molecule has 25 heavy (non-hydrogen) atoms. The van der Waals surface area contributed by atoms with Crippen LogP contribution >= 0.6 is 23.1 Å². The third-order valence-corrected chi connectivity index (χ3v) is 6.25. The van der Waals surface area contributed by atoms with Crippen LogP contribution < -0.4 is 5.32 Å². The molecule has 0 spiro atoms. The Morgan fingerprint density at radius 2 is 2.20 bits per heavy atom. The Kier molecular flexibility index (Phi) is 6.90. The monoisotopic (exact) mass is 375 g/mol. The highest BCUT2D eigenvalue weighted by molar-refractivity contribution is 7.99. The predicted molar refractivity (Wildman–Crippen MR) is 106 cm³/mol. The number of thiazole rings is 1. The molecule has 0 radical (unpaired) electrons. The summed E-state index contributed by atoms with van der Waals surface area (Å²) in [6, 6.07) is 10.3. The van der Waals surface area contributed by atoms with E-state index in [2.05, 4.69) is 34.3 Å². The highest BCUT2D eigenvalue weighted by atomic mass is 32.2. The van der Waals surface area contributed by atoms with Gasteiger partial charge in [0.05, 0.1) is 5.69 Å². The molecule has 0 fully saturated rings. The Hall–Kier alpha value is -1.37. The maximum absolute atomic E-state index is 12.1. The van der Waals surface area contributed by atoms with Crippen molar-refractivity contribution in [3.63, 3.8) is 0 Å². The molecule has 0 unspecified atom stereocenters. The summed E-state index contributed by atoms with van der Waals surface area (Å²) < 4.78 is 0. The van der Waals surface area contributed by atoms with Crippen molar-refractivity contribution in [2.45, 2.75) is 44.0 Å². The quantitative estimate of drug-likeness (QED) is 0.548. The third-order valence-electron chi connectivity index (χ3n) is 4.16. The van der Waals surface area contributed by atoms with Crippen molar-refractivity contribution in [2.24, 2.45) is 0 Å². The van der Waals surface area contributed by atoms with Gasteiger partial charge in [-0.1, -0.05) is 25.1 Å². The summed E-state index contributed by atoms with van der Waals surface area (Å²) in [7, 11) is 0. The molecule has 1 aromatic heterocycles. The molecule has 0 bridgehead atoms. The largest absolute Gasteiger partial charge is 0.302 e. The molecule has 134 valence electrons. The van der Waals surface area contributed by atoms with Crippen molar-refractivity contribution in [1.29, 1.82) is 0 Å². The molecule has 0 atom stereocenters. The lowest BCUT2D eigenvalue weighted by Gasteiger charge is -2.24. The maximum atomic E-state index is 12.1. The molecule has 1 amide bonds. The predicted octanol–water partition coefficient (Wildman–Crippen LogP) is 4.42. The van der Waals surface area contributed by atoms with Gasteiger partial charge in [-0.3, -0.25) is 9.69 Å². The van der Waals surface area contributed by atoms with Gasteiger partial charge in [-0.15, -0.1) is 23.1 Å². The van der Waals surface area contributed by atoms with Crippen LogP contribution in [0.25, 0.3) is 0 Å². The van der Waals surface area contributed by atoms with Crippen molar-refractivity contribution >= 4 is 34.1 Å². The molecule has 1 aliphatic rings. The number of hydrogen-bond donors (Lipinski definition) is 1. The normalized spacial score (nSPS) is 14.3. The Morgan fingerprint density at radius 1 is 1.36 bits per heavy atom. The molecular weight excluding hydrogens is 350 g/mol. The van der Waals surface area contributed by atoms with Crippen LogP contribution in [0.5, 0.6) is 0 Å². The number of anilines is 1. The minimum atomic E-state index is 0.0742. The fourth-order valence-electron chi connectivity index (χ4n) is 2.93. The van der Waals surface area contributed by atoms with Gasteiger partial charge in [-0.2, -0.15) is 0 Å². The van der Waals surface area contributed by atoms with Gasteiger partial charge in [0.15, 0.2) is 5.13 Å². The van der Waals surface area contributed by atoms with Crippen molar-refractivity contribution in [3.8, 4) is 0 Å². The van der Waals surface area contributed by atoms with E-state index in [1.165, 1.54) is 21.9 Å². The van der Waals surface area contributed by atoms with Gasteiger partial charge < -0.3 is 5.32 Å². The lowest BCUT2D eigenvalue weighted by Crippen LogP contribution is -2.30. The number of carbonyl (C=O) groups excluding carboxylic acids is 1. The van der Waals surface area contributed by atoms with Crippen LogP contribution in [-0.2, 0) is 17.8 Å². The lowest BCUT2D eigenvalue weighted by molar-refractivity contribution is -0.116. The fourth-order valence-corrected chi connectivity index (χ4v) is 4.87. The van der Waals surface area contributed by atoms with Crippen molar-refractivity contribution in [2.75, 3.05) is 24.2 Å². The molecule has 0 saturated carbocycles. The SMILES string of the molecule is CCCN1CCc2nc(NC(=O)CCCSc3ccccc3)sc2C1. The molecule has 1 aromatic carbocycles. The standard InChI is InChI=1S/C19H25N3OS2/c1-2-11-22-12-10-16-17(14-22)25-19(20-16)21-18(23)9-6-13-24-15-7-4-3-5-8-15/h3-5,7-8H,2,6,9-14H2,1H3,(H,20,21,23). The number of thioether (sulfide) groups is 1. The Bertz CT molecular complexity index is 687. The number of rotatable bonds is 8. The Morgan fingerprint density at radius 3 is 3.00 bits per heavy atom. The van der Waals surface area contributed by atoms with Crippen LogP contribution in [0.2, 0.25) is 0 Å².